The first-order chi connectivity index (χ1) is 7.85. The Labute approximate surface area is 101 Å². The molecule has 1 rings (SSSR count). The number of hydrogen-bond acceptors (Lipinski definition) is 3. The van der Waals surface area contributed by atoms with E-state index in [1.54, 1.807) is 0 Å². The van der Waals surface area contributed by atoms with Crippen molar-refractivity contribution in [1.29, 1.82) is 0 Å². The van der Waals surface area contributed by atoms with Crippen LogP contribution in [-0.4, -0.2) is 53.8 Å². The molecule has 0 saturated carbocycles. The Bertz CT molecular complexity index is 298. The Morgan fingerprint density at radius 2 is 2.12 bits per heavy atom. The molecule has 1 unspecified atom stereocenters. The van der Waals surface area contributed by atoms with E-state index in [1.807, 2.05) is 0 Å². The lowest BCUT2D eigenvalue weighted by Crippen LogP contribution is -2.56. The zero-order chi connectivity index (χ0) is 13.1. The highest BCUT2D eigenvalue weighted by Gasteiger charge is 2.35. The van der Waals surface area contributed by atoms with Crippen LogP contribution in [0.2, 0.25) is 0 Å². The van der Waals surface area contributed by atoms with E-state index in [4.69, 9.17) is 9.84 Å². The highest BCUT2D eigenvalue weighted by molar-refractivity contribution is 5.85. The van der Waals surface area contributed by atoms with Gasteiger partial charge in [-0.1, -0.05) is 0 Å². The molecule has 0 aromatic rings. The SMILES string of the molecule is CN(C(=O)NC1CCCOC1)C(C)(C)C(=O)O. The zero-order valence-electron chi connectivity index (χ0n) is 10.5. The van der Waals surface area contributed by atoms with Crippen molar-refractivity contribution in [2.24, 2.45) is 0 Å². The van der Waals surface area contributed by atoms with E-state index >= 15 is 0 Å². The van der Waals surface area contributed by atoms with Gasteiger partial charge in [-0.25, -0.2) is 9.59 Å². The minimum atomic E-state index is -1.22. The molecule has 1 atom stereocenters. The molecule has 1 aliphatic rings. The van der Waals surface area contributed by atoms with E-state index in [2.05, 4.69) is 5.32 Å². The number of carboxylic acids is 1. The average Bonchev–Trinajstić information content (AvgIpc) is 2.29. The number of hydrogen-bond donors (Lipinski definition) is 2. The molecule has 1 aliphatic heterocycles. The van der Waals surface area contributed by atoms with Gasteiger partial charge in [0.25, 0.3) is 0 Å². The van der Waals surface area contributed by atoms with Crippen molar-refractivity contribution in [3.8, 4) is 0 Å². The van der Waals surface area contributed by atoms with Gasteiger partial charge in [-0.15, -0.1) is 0 Å². The molecule has 0 aromatic heterocycles. The maximum absolute atomic E-state index is 11.9. The maximum atomic E-state index is 11.9. The second-order valence-corrected chi connectivity index (χ2v) is 4.79. The third-order valence-corrected chi connectivity index (χ3v) is 3.15. The van der Waals surface area contributed by atoms with Crippen molar-refractivity contribution in [2.75, 3.05) is 20.3 Å². The molecule has 2 N–H and O–H groups in total. The first-order valence-corrected chi connectivity index (χ1v) is 5.71. The fourth-order valence-electron chi connectivity index (χ4n) is 1.52. The van der Waals surface area contributed by atoms with E-state index in [-0.39, 0.29) is 12.1 Å². The number of carbonyl (C=O) groups excluding carboxylic acids is 1. The molecule has 6 nitrogen and oxygen atoms in total. The van der Waals surface area contributed by atoms with E-state index in [0.717, 1.165) is 19.4 Å². The fourth-order valence-corrected chi connectivity index (χ4v) is 1.52. The lowest BCUT2D eigenvalue weighted by molar-refractivity contribution is -0.146. The molecule has 98 valence electrons. The van der Waals surface area contributed by atoms with E-state index in [0.29, 0.717) is 6.61 Å². The number of nitrogens with one attached hydrogen (secondary N) is 1. The van der Waals surface area contributed by atoms with Crippen molar-refractivity contribution in [3.05, 3.63) is 0 Å². The van der Waals surface area contributed by atoms with E-state index in [1.165, 1.54) is 25.8 Å². The summed E-state index contributed by atoms with van der Waals surface area (Å²) in [4.78, 5) is 24.1. The predicted molar refractivity (Wildman–Crippen MR) is 61.9 cm³/mol. The standard InChI is InChI=1S/C11H20N2O4/c1-11(2,9(14)15)13(3)10(16)12-8-5-4-6-17-7-8/h8H,4-7H2,1-3H3,(H,12,16)(H,14,15). The summed E-state index contributed by atoms with van der Waals surface area (Å²) in [6, 6.07) is -0.406. The minimum absolute atomic E-state index is 0.0247. The third-order valence-electron chi connectivity index (χ3n) is 3.15. The normalized spacial score (nSPS) is 20.8. The second-order valence-electron chi connectivity index (χ2n) is 4.79. The van der Waals surface area contributed by atoms with Crippen LogP contribution >= 0.6 is 0 Å². The summed E-state index contributed by atoms with van der Waals surface area (Å²) >= 11 is 0. The smallest absolute Gasteiger partial charge is 0.329 e. The van der Waals surface area contributed by atoms with Crippen LogP contribution < -0.4 is 5.32 Å². The quantitative estimate of drug-likeness (QED) is 0.764. The number of likely N-dealkylation sites (N-methyl/N-ethyl adjacent to an activating group) is 1. The highest BCUT2D eigenvalue weighted by Crippen LogP contribution is 2.13. The number of carboxylic acid groups (broad SMARTS) is 1. The van der Waals surface area contributed by atoms with Crippen molar-refractivity contribution in [2.45, 2.75) is 38.3 Å². The maximum Gasteiger partial charge on any atom is 0.329 e. The molecule has 6 heteroatoms. The number of ether oxygens (including phenoxy) is 1. The highest BCUT2D eigenvalue weighted by atomic mass is 16.5. The molecule has 2 amide bonds. The molecular formula is C11H20N2O4. The fraction of sp³-hybridized carbons (Fsp3) is 0.818. The summed E-state index contributed by atoms with van der Waals surface area (Å²) in [6.45, 7) is 4.20. The Morgan fingerprint density at radius 1 is 1.47 bits per heavy atom. The van der Waals surface area contributed by atoms with Crippen LogP contribution in [0.1, 0.15) is 26.7 Å². The molecule has 17 heavy (non-hydrogen) atoms. The Kier molecular flexibility index (Phi) is 4.34. The first kappa shape index (κ1) is 13.8. The topological polar surface area (TPSA) is 78.9 Å². The third kappa shape index (κ3) is 3.33. The summed E-state index contributed by atoms with van der Waals surface area (Å²) < 4.78 is 5.25. The van der Waals surface area contributed by atoms with Crippen molar-refractivity contribution < 1.29 is 19.4 Å². The number of amides is 2. The Hall–Kier alpha value is -1.30. The van der Waals surface area contributed by atoms with Crippen LogP contribution in [0.25, 0.3) is 0 Å². The predicted octanol–water partition coefficient (Wildman–Crippen LogP) is 0.670. The van der Waals surface area contributed by atoms with Gasteiger partial charge in [-0.2, -0.15) is 0 Å². The summed E-state index contributed by atoms with van der Waals surface area (Å²) in [5.41, 5.74) is -1.22. The summed E-state index contributed by atoms with van der Waals surface area (Å²) in [5.74, 6) is -1.03. The largest absolute Gasteiger partial charge is 0.480 e. The molecule has 0 aromatic carbocycles. The van der Waals surface area contributed by atoms with Crippen LogP contribution in [-0.2, 0) is 9.53 Å². The molecule has 1 saturated heterocycles. The number of rotatable bonds is 3. The molecule has 1 heterocycles. The lowest BCUT2D eigenvalue weighted by Gasteiger charge is -2.33. The summed E-state index contributed by atoms with van der Waals surface area (Å²) in [6.07, 6.45) is 1.78. The zero-order valence-corrected chi connectivity index (χ0v) is 10.5. The van der Waals surface area contributed by atoms with Gasteiger partial charge in [-0.3, -0.25) is 0 Å². The van der Waals surface area contributed by atoms with Crippen molar-refractivity contribution in [1.82, 2.24) is 10.2 Å². The second kappa shape index (κ2) is 5.35. The van der Waals surface area contributed by atoms with Gasteiger partial charge in [0.2, 0.25) is 0 Å². The van der Waals surface area contributed by atoms with Gasteiger partial charge in [0.05, 0.1) is 12.6 Å². The monoisotopic (exact) mass is 244 g/mol. The Balaban J connectivity index is 2.54. The van der Waals surface area contributed by atoms with Crippen molar-refractivity contribution in [3.63, 3.8) is 0 Å². The number of aliphatic carboxylic acids is 1. The van der Waals surface area contributed by atoms with Gasteiger partial charge in [0.1, 0.15) is 5.54 Å². The van der Waals surface area contributed by atoms with Gasteiger partial charge in [-0.05, 0) is 26.7 Å². The van der Waals surface area contributed by atoms with Gasteiger partial charge >= 0.3 is 12.0 Å². The molecule has 0 bridgehead atoms. The molecule has 1 fully saturated rings. The van der Waals surface area contributed by atoms with Crippen LogP contribution in [0.5, 0.6) is 0 Å². The van der Waals surface area contributed by atoms with Gasteiger partial charge in [0, 0.05) is 13.7 Å². The van der Waals surface area contributed by atoms with Crippen LogP contribution in [0, 0.1) is 0 Å². The van der Waals surface area contributed by atoms with E-state index in [9.17, 15) is 9.59 Å². The number of carbonyl (C=O) groups is 2. The minimum Gasteiger partial charge on any atom is -0.480 e. The molecular weight excluding hydrogens is 224 g/mol. The van der Waals surface area contributed by atoms with Gasteiger partial charge < -0.3 is 20.1 Å². The Morgan fingerprint density at radius 3 is 2.59 bits per heavy atom. The molecule has 0 radical (unpaired) electrons. The molecule has 0 aliphatic carbocycles. The lowest BCUT2D eigenvalue weighted by atomic mass is 10.0. The van der Waals surface area contributed by atoms with E-state index < -0.39 is 11.5 Å². The average molecular weight is 244 g/mol. The van der Waals surface area contributed by atoms with Crippen LogP contribution in [0.3, 0.4) is 0 Å². The number of nitrogens with zero attached hydrogens (tertiary/aromatic N) is 1. The molecule has 0 spiro atoms. The van der Waals surface area contributed by atoms with Crippen molar-refractivity contribution >= 4 is 12.0 Å². The van der Waals surface area contributed by atoms with Crippen LogP contribution in [0.4, 0.5) is 4.79 Å². The summed E-state index contributed by atoms with van der Waals surface area (Å²) in [5, 5.41) is 11.8. The van der Waals surface area contributed by atoms with Crippen LogP contribution in [0.15, 0.2) is 0 Å². The first-order valence-electron chi connectivity index (χ1n) is 5.71. The van der Waals surface area contributed by atoms with Gasteiger partial charge in [0.15, 0.2) is 0 Å². The summed E-state index contributed by atoms with van der Waals surface area (Å²) in [7, 11) is 1.48. The number of urea groups is 1.